The lowest BCUT2D eigenvalue weighted by Gasteiger charge is -2.03. The Bertz CT molecular complexity index is 621. The topological polar surface area (TPSA) is 75.3 Å². The lowest BCUT2D eigenvalue weighted by Crippen LogP contribution is -2.31. The maximum absolute atomic E-state index is 11.4. The lowest BCUT2D eigenvalue weighted by atomic mass is 10.1. The molecule has 1 aromatic heterocycles. The molecule has 2 rings (SSSR count). The van der Waals surface area contributed by atoms with Gasteiger partial charge in [0.25, 0.3) is 0 Å². The summed E-state index contributed by atoms with van der Waals surface area (Å²) in [4.78, 5) is 22.0. The van der Waals surface area contributed by atoms with Gasteiger partial charge in [-0.1, -0.05) is 6.07 Å². The van der Waals surface area contributed by atoms with Crippen LogP contribution in [0, 0.1) is 13.8 Å². The molecule has 0 atom stereocenters. The van der Waals surface area contributed by atoms with Gasteiger partial charge in [0.15, 0.2) is 5.58 Å². The van der Waals surface area contributed by atoms with Crippen molar-refractivity contribution in [2.75, 3.05) is 0 Å². The van der Waals surface area contributed by atoms with Gasteiger partial charge in [-0.05, 0) is 31.0 Å². The van der Waals surface area contributed by atoms with Gasteiger partial charge in [0, 0.05) is 0 Å². The third-order valence-corrected chi connectivity index (χ3v) is 2.39. The Morgan fingerprint density at radius 1 is 1.44 bits per heavy atom. The molecule has 84 valence electrons. The molecule has 0 aliphatic heterocycles. The van der Waals surface area contributed by atoms with Gasteiger partial charge in [0.2, 0.25) is 0 Å². The van der Waals surface area contributed by atoms with Crippen molar-refractivity contribution in [3.63, 3.8) is 0 Å². The number of oxazole rings is 1. The van der Waals surface area contributed by atoms with Crippen LogP contribution in [-0.2, 0) is 11.3 Å². The average molecular weight is 220 g/mol. The van der Waals surface area contributed by atoms with Crippen LogP contribution in [0.5, 0.6) is 0 Å². The summed E-state index contributed by atoms with van der Waals surface area (Å²) in [5, 5.41) is 10.5. The van der Waals surface area contributed by atoms with Crippen LogP contribution < -0.4 is 10.9 Å². The second-order valence-corrected chi connectivity index (χ2v) is 3.76. The zero-order valence-corrected chi connectivity index (χ0v) is 8.94. The normalized spacial score (nSPS) is 10.9. The van der Waals surface area contributed by atoms with Crippen molar-refractivity contribution in [1.82, 2.24) is 4.57 Å². The summed E-state index contributed by atoms with van der Waals surface area (Å²) in [5.74, 6) is -1.99. The summed E-state index contributed by atoms with van der Waals surface area (Å²) < 4.78 is 6.06. The highest BCUT2D eigenvalue weighted by molar-refractivity contribution is 5.79. The van der Waals surface area contributed by atoms with Gasteiger partial charge in [-0.2, -0.15) is 0 Å². The predicted molar refractivity (Wildman–Crippen MR) is 55.0 cm³/mol. The number of aliphatic carboxylic acids is 1. The Morgan fingerprint density at radius 2 is 2.12 bits per heavy atom. The molecular formula is C11H10NO4-. The molecule has 0 aliphatic carbocycles. The first-order valence-electron chi connectivity index (χ1n) is 4.79. The molecule has 2 aromatic rings. The van der Waals surface area contributed by atoms with Crippen LogP contribution in [0.3, 0.4) is 0 Å². The molecule has 0 fully saturated rings. The van der Waals surface area contributed by atoms with Gasteiger partial charge in [0.1, 0.15) is 0 Å². The minimum Gasteiger partial charge on any atom is -0.548 e. The predicted octanol–water partition coefficient (Wildman–Crippen LogP) is -0.0388. The Morgan fingerprint density at radius 3 is 2.75 bits per heavy atom. The smallest absolute Gasteiger partial charge is 0.420 e. The number of aromatic nitrogens is 1. The van der Waals surface area contributed by atoms with Crippen LogP contribution >= 0.6 is 0 Å². The standard InChI is InChI=1S/C11H11NO4/c1-6-3-7(2)10-8(4-6)12(5-9(13)14)11(15)16-10/h3-4H,5H2,1-2H3,(H,13,14)/p-1. The fourth-order valence-corrected chi connectivity index (χ4v) is 1.78. The van der Waals surface area contributed by atoms with E-state index in [0.717, 1.165) is 15.7 Å². The lowest BCUT2D eigenvalue weighted by molar-refractivity contribution is -0.306. The molecule has 0 saturated heterocycles. The number of nitrogens with zero attached hydrogens (tertiary/aromatic N) is 1. The number of carboxylic acids is 1. The van der Waals surface area contributed by atoms with Crippen LogP contribution in [0.15, 0.2) is 21.3 Å². The van der Waals surface area contributed by atoms with E-state index in [9.17, 15) is 14.7 Å². The van der Waals surface area contributed by atoms with Crippen LogP contribution in [0.2, 0.25) is 0 Å². The van der Waals surface area contributed by atoms with E-state index in [1.54, 1.807) is 6.07 Å². The number of carboxylic acid groups (broad SMARTS) is 1. The number of carbonyl (C=O) groups is 1. The van der Waals surface area contributed by atoms with Crippen molar-refractivity contribution in [1.29, 1.82) is 0 Å². The highest BCUT2D eigenvalue weighted by Gasteiger charge is 2.11. The maximum Gasteiger partial charge on any atom is 0.420 e. The maximum atomic E-state index is 11.4. The molecule has 1 heterocycles. The first-order chi connectivity index (χ1) is 7.49. The Balaban J connectivity index is 2.78. The number of carbonyl (C=O) groups excluding carboxylic acids is 1. The molecule has 0 amide bonds. The molecule has 0 N–H and O–H groups in total. The van der Waals surface area contributed by atoms with E-state index >= 15 is 0 Å². The average Bonchev–Trinajstić information content (AvgIpc) is 2.45. The second-order valence-electron chi connectivity index (χ2n) is 3.76. The number of fused-ring (bicyclic) bond motifs is 1. The Kier molecular flexibility index (Phi) is 2.30. The van der Waals surface area contributed by atoms with Crippen molar-refractivity contribution in [2.45, 2.75) is 20.4 Å². The van der Waals surface area contributed by atoms with E-state index in [2.05, 4.69) is 0 Å². The summed E-state index contributed by atoms with van der Waals surface area (Å²) in [7, 11) is 0. The van der Waals surface area contributed by atoms with Crippen molar-refractivity contribution in [3.05, 3.63) is 33.8 Å². The highest BCUT2D eigenvalue weighted by atomic mass is 16.4. The Hall–Kier alpha value is -2.04. The summed E-state index contributed by atoms with van der Waals surface area (Å²) >= 11 is 0. The molecule has 16 heavy (non-hydrogen) atoms. The zero-order chi connectivity index (χ0) is 11.9. The van der Waals surface area contributed by atoms with Gasteiger partial charge in [-0.3, -0.25) is 4.57 Å². The first-order valence-corrected chi connectivity index (χ1v) is 4.79. The molecule has 5 heteroatoms. The molecule has 0 unspecified atom stereocenters. The minimum absolute atomic E-state index is 0.428. The molecular weight excluding hydrogens is 210 g/mol. The van der Waals surface area contributed by atoms with Crippen molar-refractivity contribution in [3.8, 4) is 0 Å². The molecule has 0 spiro atoms. The van der Waals surface area contributed by atoms with E-state index < -0.39 is 18.3 Å². The molecule has 1 aromatic carbocycles. The van der Waals surface area contributed by atoms with Gasteiger partial charge < -0.3 is 14.3 Å². The van der Waals surface area contributed by atoms with Gasteiger partial charge in [-0.25, -0.2) is 4.79 Å². The highest BCUT2D eigenvalue weighted by Crippen LogP contribution is 2.19. The fraction of sp³-hybridized carbons (Fsp3) is 0.273. The van der Waals surface area contributed by atoms with E-state index in [-0.39, 0.29) is 0 Å². The van der Waals surface area contributed by atoms with Crippen LogP contribution in [0.4, 0.5) is 0 Å². The number of hydrogen-bond acceptors (Lipinski definition) is 4. The van der Waals surface area contributed by atoms with E-state index in [4.69, 9.17) is 4.42 Å². The Labute approximate surface area is 90.9 Å². The van der Waals surface area contributed by atoms with Crippen molar-refractivity contribution in [2.24, 2.45) is 0 Å². The summed E-state index contributed by atoms with van der Waals surface area (Å²) in [5.41, 5.74) is 2.67. The molecule has 0 saturated carbocycles. The number of aryl methyl sites for hydroxylation is 2. The minimum atomic E-state index is -1.32. The molecule has 0 aliphatic rings. The SMILES string of the molecule is Cc1cc(C)c2oc(=O)n(CC(=O)[O-])c2c1. The summed E-state index contributed by atoms with van der Waals surface area (Å²) in [6, 6.07) is 3.59. The molecule has 0 bridgehead atoms. The van der Waals surface area contributed by atoms with Crippen LogP contribution in [0.1, 0.15) is 11.1 Å². The largest absolute Gasteiger partial charge is 0.548 e. The van der Waals surface area contributed by atoms with Crippen molar-refractivity contribution >= 4 is 17.1 Å². The molecule has 5 nitrogen and oxygen atoms in total. The third kappa shape index (κ3) is 1.60. The van der Waals surface area contributed by atoms with Crippen LogP contribution in [0.25, 0.3) is 11.1 Å². The quantitative estimate of drug-likeness (QED) is 0.711. The summed E-state index contributed by atoms with van der Waals surface area (Å²) in [6.45, 7) is 3.18. The second kappa shape index (κ2) is 3.52. The van der Waals surface area contributed by atoms with Gasteiger partial charge in [0.05, 0.1) is 18.0 Å². The van der Waals surface area contributed by atoms with Crippen LogP contribution in [-0.4, -0.2) is 10.5 Å². The fourth-order valence-electron chi connectivity index (χ4n) is 1.78. The van der Waals surface area contributed by atoms with E-state index in [0.29, 0.717) is 11.1 Å². The number of benzene rings is 1. The van der Waals surface area contributed by atoms with E-state index in [1.807, 2.05) is 19.9 Å². The monoisotopic (exact) mass is 220 g/mol. The zero-order valence-electron chi connectivity index (χ0n) is 8.94. The first kappa shape index (κ1) is 10.5. The molecule has 0 radical (unpaired) electrons. The number of rotatable bonds is 2. The number of hydrogen-bond donors (Lipinski definition) is 0. The van der Waals surface area contributed by atoms with Gasteiger partial charge in [-0.15, -0.1) is 0 Å². The summed E-state index contributed by atoms with van der Waals surface area (Å²) in [6.07, 6.45) is 0. The van der Waals surface area contributed by atoms with Gasteiger partial charge >= 0.3 is 5.76 Å². The van der Waals surface area contributed by atoms with E-state index in [1.165, 1.54) is 0 Å². The third-order valence-electron chi connectivity index (χ3n) is 2.39. The van der Waals surface area contributed by atoms with Crippen molar-refractivity contribution < 1.29 is 14.3 Å².